The van der Waals surface area contributed by atoms with Crippen LogP contribution in [0, 0.1) is 0 Å². The maximum absolute atomic E-state index is 14.0. The fourth-order valence-electron chi connectivity index (χ4n) is 6.59. The number of hydrogen-bond acceptors (Lipinski definition) is 15. The number of hydrogen-bond donors (Lipinski definition) is 0. The Morgan fingerprint density at radius 2 is 1.26 bits per heavy atom. The molecule has 17 nitrogen and oxygen atoms in total. The molecule has 3 aromatic rings. The molecule has 1 saturated heterocycles. The second kappa shape index (κ2) is 24.8. The summed E-state index contributed by atoms with van der Waals surface area (Å²) in [6.45, 7) is 11.9. The third kappa shape index (κ3) is 16.9. The van der Waals surface area contributed by atoms with Gasteiger partial charge in [-0.2, -0.15) is 0 Å². The zero-order valence-electron chi connectivity index (χ0n) is 38.8. The van der Waals surface area contributed by atoms with Crippen molar-refractivity contribution in [1.82, 2.24) is 0 Å². The van der Waals surface area contributed by atoms with E-state index in [9.17, 15) is 29.5 Å². The van der Waals surface area contributed by atoms with Gasteiger partial charge in [-0.25, -0.2) is 24.0 Å². The summed E-state index contributed by atoms with van der Waals surface area (Å²) in [5, 5.41) is 3.96. The lowest BCUT2D eigenvalue weighted by atomic mass is 9.92. The van der Waals surface area contributed by atoms with Crippen LogP contribution >= 0.6 is 0 Å². The molecule has 1 aliphatic heterocycles. The van der Waals surface area contributed by atoms with Crippen LogP contribution in [0.4, 0.5) is 9.59 Å². The van der Waals surface area contributed by atoms with Gasteiger partial charge in [0.2, 0.25) is 5.79 Å². The lowest BCUT2D eigenvalue weighted by molar-refractivity contribution is -0.356. The Kier molecular flexibility index (Phi) is 19.6. The van der Waals surface area contributed by atoms with Crippen molar-refractivity contribution in [3.63, 3.8) is 0 Å². The monoisotopic (exact) mass is 915 g/mol. The highest BCUT2D eigenvalue weighted by Gasteiger charge is 2.60. The minimum Gasteiger partial charge on any atom is -0.454 e. The second-order valence-corrected chi connectivity index (χ2v) is 17.5. The Labute approximate surface area is 385 Å². The number of azide groups is 1. The first-order valence-corrected chi connectivity index (χ1v) is 21.9. The van der Waals surface area contributed by atoms with Crippen molar-refractivity contribution in [2.24, 2.45) is 5.11 Å². The molecule has 66 heavy (non-hydrogen) atoms. The molecule has 0 unspecified atom stereocenters. The summed E-state index contributed by atoms with van der Waals surface area (Å²) in [7, 11) is 0. The van der Waals surface area contributed by atoms with Crippen molar-refractivity contribution < 1.29 is 66.6 Å². The molecule has 3 aromatic carbocycles. The lowest BCUT2D eigenvalue weighted by Gasteiger charge is -2.49. The number of nitrogens with zero attached hydrogens (tertiary/aromatic N) is 3. The summed E-state index contributed by atoms with van der Waals surface area (Å²) in [5.41, 5.74) is 8.21. The number of carbonyl (C=O) groups is 5. The minimum absolute atomic E-state index is 0.0744. The van der Waals surface area contributed by atoms with Gasteiger partial charge in [0.05, 0.1) is 23.3 Å². The van der Waals surface area contributed by atoms with E-state index in [1.54, 1.807) is 114 Å². The van der Waals surface area contributed by atoms with Crippen molar-refractivity contribution in [2.45, 2.75) is 141 Å². The molecule has 0 bridgehead atoms. The smallest absolute Gasteiger partial charge is 0.454 e. The predicted octanol–water partition coefficient (Wildman–Crippen LogP) is 10.3. The maximum Gasteiger partial charge on any atom is 0.509 e. The summed E-state index contributed by atoms with van der Waals surface area (Å²) < 4.78 is 53.5. The average Bonchev–Trinajstić information content (AvgIpc) is 3.27. The normalized spacial score (nSPS) is 20.4. The van der Waals surface area contributed by atoms with Gasteiger partial charge in [-0.15, -0.1) is 0 Å². The first-order valence-electron chi connectivity index (χ1n) is 21.9. The molecular formula is C49H61N3O14. The van der Waals surface area contributed by atoms with Crippen molar-refractivity contribution in [3.8, 4) is 0 Å². The molecule has 4 rings (SSSR count). The van der Waals surface area contributed by atoms with Gasteiger partial charge >= 0.3 is 30.2 Å². The fraction of sp³-hybridized carbons (Fsp3) is 0.490. The molecule has 0 amide bonds. The van der Waals surface area contributed by atoms with Crippen LogP contribution in [0.2, 0.25) is 0 Å². The average molecular weight is 916 g/mol. The molecule has 1 fully saturated rings. The molecular weight excluding hydrogens is 855 g/mol. The Morgan fingerprint density at radius 1 is 0.727 bits per heavy atom. The van der Waals surface area contributed by atoms with Crippen molar-refractivity contribution >= 4 is 30.2 Å². The van der Waals surface area contributed by atoms with E-state index in [0.29, 0.717) is 6.42 Å². The van der Waals surface area contributed by atoms with Crippen molar-refractivity contribution in [3.05, 3.63) is 130 Å². The molecule has 0 N–H and O–H groups in total. The SMILES string of the molecule is CCCCCCC=C[C@@H](OC(=O)c1ccccc1)[C@H](CO[C@]1(C)O[C@H](COC(=O)OC(C)(C)C)[C@H](OC(=O)OC(C)(C)C)[C@H](OC(=O)c2ccccc2)[C@H]1OC(=O)c1ccccc1)N=[N+]=[N-]. The summed E-state index contributed by atoms with van der Waals surface area (Å²) in [6, 6.07) is 22.7. The Hall–Kier alpha value is -6.42. The number of rotatable bonds is 20. The van der Waals surface area contributed by atoms with Crippen LogP contribution in [0.25, 0.3) is 10.4 Å². The highest BCUT2D eigenvalue weighted by molar-refractivity contribution is 5.91. The van der Waals surface area contributed by atoms with Crippen molar-refractivity contribution in [1.29, 1.82) is 0 Å². The third-order valence-electron chi connectivity index (χ3n) is 9.69. The fourth-order valence-corrected chi connectivity index (χ4v) is 6.59. The number of benzene rings is 3. The van der Waals surface area contributed by atoms with Crippen molar-refractivity contribution in [2.75, 3.05) is 13.2 Å². The Bertz CT molecular complexity index is 2120. The van der Waals surface area contributed by atoms with Gasteiger partial charge in [0.1, 0.15) is 36.1 Å². The summed E-state index contributed by atoms with van der Waals surface area (Å²) in [5.74, 6) is -4.78. The summed E-state index contributed by atoms with van der Waals surface area (Å²) in [6.07, 6.45) is -2.42. The van der Waals surface area contributed by atoms with E-state index in [1.807, 2.05) is 6.08 Å². The molecule has 0 saturated carbocycles. The van der Waals surface area contributed by atoms with E-state index in [0.717, 1.165) is 25.7 Å². The van der Waals surface area contributed by atoms with Gasteiger partial charge in [0.25, 0.3) is 0 Å². The van der Waals surface area contributed by atoms with E-state index < -0.39 is 97.0 Å². The van der Waals surface area contributed by atoms with Crippen LogP contribution in [0.5, 0.6) is 0 Å². The van der Waals surface area contributed by atoms with Crippen LogP contribution in [-0.2, 0) is 42.6 Å². The zero-order valence-corrected chi connectivity index (χ0v) is 38.8. The molecule has 0 radical (unpaired) electrons. The van der Waals surface area contributed by atoms with Crippen LogP contribution in [-0.4, -0.2) is 97.0 Å². The molecule has 1 heterocycles. The van der Waals surface area contributed by atoms with Gasteiger partial charge in [-0.05, 0) is 109 Å². The number of allylic oxidation sites excluding steroid dienone is 1. The van der Waals surface area contributed by atoms with E-state index in [1.165, 1.54) is 31.2 Å². The Morgan fingerprint density at radius 3 is 1.79 bits per heavy atom. The number of unbranched alkanes of at least 4 members (excludes halogenated alkanes) is 4. The second-order valence-electron chi connectivity index (χ2n) is 17.5. The van der Waals surface area contributed by atoms with Gasteiger partial charge < -0.3 is 42.6 Å². The molecule has 356 valence electrons. The zero-order chi connectivity index (χ0) is 48.3. The van der Waals surface area contributed by atoms with Gasteiger partial charge in [0, 0.05) is 4.91 Å². The first kappa shape index (κ1) is 52.2. The largest absolute Gasteiger partial charge is 0.509 e. The van der Waals surface area contributed by atoms with Gasteiger partial charge in [-0.3, -0.25) is 0 Å². The molecule has 7 atom stereocenters. The van der Waals surface area contributed by atoms with Crippen LogP contribution < -0.4 is 0 Å². The number of carbonyl (C=O) groups excluding carboxylic acids is 5. The van der Waals surface area contributed by atoms with E-state index in [2.05, 4.69) is 16.9 Å². The highest BCUT2D eigenvalue weighted by atomic mass is 16.8. The van der Waals surface area contributed by atoms with Gasteiger partial charge in [-0.1, -0.05) is 92.0 Å². The van der Waals surface area contributed by atoms with Gasteiger partial charge in [0.15, 0.2) is 18.3 Å². The molecule has 17 heteroatoms. The summed E-state index contributed by atoms with van der Waals surface area (Å²) >= 11 is 0. The number of esters is 3. The maximum atomic E-state index is 14.0. The first-order chi connectivity index (χ1) is 31.3. The minimum atomic E-state index is -2.22. The standard InChI is InChI=1S/C49H61N3O14/c1-9-10-11-12-13-23-30-37(60-42(53)33-24-17-14-18-25-33)36(51-52-50)31-59-49(8)41(63-44(55)35-28-21-16-22-29-35)40(61-43(54)34-26-19-15-20-27-34)39(62-46(57)66-48(5,6)7)38(64-49)32-58-45(56)65-47(2,3)4/h14-30,36-41H,9-13,31-32H2,1-8H3/t36-,37+,38+,39-,40-,41+,49+/m0/s1. The van der Waals surface area contributed by atoms with E-state index in [4.69, 9.17) is 42.6 Å². The number of ether oxygens (including phenoxy) is 9. The Balaban J connectivity index is 1.85. The predicted molar refractivity (Wildman–Crippen MR) is 240 cm³/mol. The highest BCUT2D eigenvalue weighted by Crippen LogP contribution is 2.38. The van der Waals surface area contributed by atoms with E-state index >= 15 is 0 Å². The quantitative estimate of drug-likeness (QED) is 0.0196. The van der Waals surface area contributed by atoms with Crippen LogP contribution in [0.1, 0.15) is 119 Å². The molecule has 0 aliphatic carbocycles. The lowest BCUT2D eigenvalue weighted by Crippen LogP contribution is -2.68. The van der Waals surface area contributed by atoms with Crippen LogP contribution in [0.3, 0.4) is 0 Å². The third-order valence-corrected chi connectivity index (χ3v) is 9.69. The molecule has 0 aromatic heterocycles. The van der Waals surface area contributed by atoms with Crippen LogP contribution in [0.15, 0.2) is 108 Å². The topological polar surface area (TPSA) is 217 Å². The molecule has 1 aliphatic rings. The van der Waals surface area contributed by atoms with E-state index in [-0.39, 0.29) is 16.7 Å². The molecule has 0 spiro atoms. The summed E-state index contributed by atoms with van der Waals surface area (Å²) in [4.78, 5) is 71.1.